The maximum absolute atomic E-state index is 10.9. The van der Waals surface area contributed by atoms with Crippen molar-refractivity contribution < 1.29 is 18.3 Å². The lowest BCUT2D eigenvalue weighted by Crippen LogP contribution is -2.12. The average molecular weight is 243 g/mol. The molecule has 0 amide bonds. The van der Waals surface area contributed by atoms with E-state index >= 15 is 0 Å². The number of aliphatic carboxylic acids is 1. The Morgan fingerprint density at radius 2 is 1.93 bits per heavy atom. The molecule has 1 atom stereocenters. The summed E-state index contributed by atoms with van der Waals surface area (Å²) in [5.74, 6) is -0.824. The number of carboxylic acid groups (broad SMARTS) is 1. The Morgan fingerprint density at radius 1 is 1.36 bits per heavy atom. The van der Waals surface area contributed by atoms with Crippen LogP contribution in [0.5, 0.6) is 0 Å². The fourth-order valence-electron chi connectivity index (χ4n) is 0.972. The zero-order chi connectivity index (χ0) is 11.2. The van der Waals surface area contributed by atoms with E-state index in [0.717, 1.165) is 6.26 Å². The van der Waals surface area contributed by atoms with Crippen LogP contribution in [0.15, 0.2) is 0 Å². The Labute approximate surface area is 89.2 Å². The highest BCUT2D eigenvalue weighted by Gasteiger charge is 2.16. The zero-order valence-corrected chi connectivity index (χ0v) is 9.64. The Balaban J connectivity index is 3.51. The SMILES string of the molecule is CS(=O)(=O)C(Cl)CCCCCC(=O)O. The van der Waals surface area contributed by atoms with E-state index in [0.29, 0.717) is 25.7 Å². The summed E-state index contributed by atoms with van der Waals surface area (Å²) >= 11 is 5.59. The van der Waals surface area contributed by atoms with Crippen molar-refractivity contribution in [3.05, 3.63) is 0 Å². The van der Waals surface area contributed by atoms with Gasteiger partial charge in [0.1, 0.15) is 4.71 Å². The number of rotatable bonds is 7. The maximum Gasteiger partial charge on any atom is 0.303 e. The summed E-state index contributed by atoms with van der Waals surface area (Å²) in [5, 5.41) is 8.33. The lowest BCUT2D eigenvalue weighted by Gasteiger charge is -2.05. The first-order valence-corrected chi connectivity index (χ1v) is 6.78. The number of alkyl halides is 1. The summed E-state index contributed by atoms with van der Waals surface area (Å²) in [7, 11) is -3.16. The van der Waals surface area contributed by atoms with Crippen LogP contribution in [0.4, 0.5) is 0 Å². The molecule has 0 aliphatic carbocycles. The second-order valence-corrected chi connectivity index (χ2v) is 6.25. The van der Waals surface area contributed by atoms with Crippen molar-refractivity contribution in [1.29, 1.82) is 0 Å². The average Bonchev–Trinajstić information content (AvgIpc) is 2.01. The molecule has 6 heteroatoms. The monoisotopic (exact) mass is 242 g/mol. The number of halogens is 1. The van der Waals surface area contributed by atoms with Gasteiger partial charge < -0.3 is 5.11 Å². The Morgan fingerprint density at radius 3 is 2.36 bits per heavy atom. The van der Waals surface area contributed by atoms with Gasteiger partial charge >= 0.3 is 5.97 Å². The van der Waals surface area contributed by atoms with Gasteiger partial charge in [-0.3, -0.25) is 4.79 Å². The first-order valence-electron chi connectivity index (χ1n) is 4.39. The molecule has 0 spiro atoms. The normalized spacial score (nSPS) is 13.9. The summed E-state index contributed by atoms with van der Waals surface area (Å²) in [6.07, 6.45) is 3.54. The molecular weight excluding hydrogens is 228 g/mol. The molecule has 0 rings (SSSR count). The standard InChI is InChI=1S/C8H15ClO4S/c1-14(12,13)7(9)5-3-2-4-6-8(10)11/h7H,2-6H2,1H3,(H,10,11). The summed E-state index contributed by atoms with van der Waals surface area (Å²) < 4.78 is 20.9. The van der Waals surface area contributed by atoms with Crippen molar-refractivity contribution in [3.8, 4) is 0 Å². The molecule has 0 saturated heterocycles. The molecule has 0 heterocycles. The quantitative estimate of drug-likeness (QED) is 0.544. The van der Waals surface area contributed by atoms with Crippen molar-refractivity contribution in [2.45, 2.75) is 36.8 Å². The molecule has 4 nitrogen and oxygen atoms in total. The highest BCUT2D eigenvalue weighted by Crippen LogP contribution is 2.14. The minimum atomic E-state index is -3.16. The largest absolute Gasteiger partial charge is 0.481 e. The van der Waals surface area contributed by atoms with E-state index in [-0.39, 0.29) is 6.42 Å². The first kappa shape index (κ1) is 13.7. The Bertz CT molecular complexity index is 273. The van der Waals surface area contributed by atoms with Gasteiger partial charge in [0.15, 0.2) is 9.84 Å². The molecule has 0 radical (unpaired) electrons. The van der Waals surface area contributed by atoms with Gasteiger partial charge in [-0.15, -0.1) is 11.6 Å². The molecule has 14 heavy (non-hydrogen) atoms. The smallest absolute Gasteiger partial charge is 0.303 e. The molecule has 0 aromatic heterocycles. The van der Waals surface area contributed by atoms with E-state index in [4.69, 9.17) is 16.7 Å². The number of hydrogen-bond acceptors (Lipinski definition) is 3. The van der Waals surface area contributed by atoms with Gasteiger partial charge in [0.2, 0.25) is 0 Å². The third-order valence-corrected chi connectivity index (χ3v) is 4.14. The molecule has 84 valence electrons. The molecule has 0 aliphatic heterocycles. The molecule has 0 saturated carbocycles. The van der Waals surface area contributed by atoms with Gasteiger partial charge in [0.05, 0.1) is 0 Å². The molecule has 1 N–H and O–H groups in total. The van der Waals surface area contributed by atoms with Gasteiger partial charge in [0.25, 0.3) is 0 Å². The third-order valence-electron chi connectivity index (χ3n) is 1.79. The molecule has 1 unspecified atom stereocenters. The molecule has 0 aromatic rings. The van der Waals surface area contributed by atoms with Crippen LogP contribution >= 0.6 is 11.6 Å². The predicted octanol–water partition coefficient (Wildman–Crippen LogP) is 1.63. The molecule has 0 bridgehead atoms. The highest BCUT2D eigenvalue weighted by atomic mass is 35.5. The summed E-state index contributed by atoms with van der Waals surface area (Å²) in [4.78, 5) is 10.1. The van der Waals surface area contributed by atoms with E-state index in [1.807, 2.05) is 0 Å². The number of sulfone groups is 1. The number of carbonyl (C=O) groups is 1. The topological polar surface area (TPSA) is 71.4 Å². The molecule has 0 aliphatic rings. The van der Waals surface area contributed by atoms with E-state index in [1.54, 1.807) is 0 Å². The second kappa shape index (κ2) is 6.24. The number of carboxylic acids is 1. The van der Waals surface area contributed by atoms with Crippen LogP contribution in [0.1, 0.15) is 32.1 Å². The lowest BCUT2D eigenvalue weighted by molar-refractivity contribution is -0.137. The van der Waals surface area contributed by atoms with Gasteiger partial charge in [0, 0.05) is 12.7 Å². The van der Waals surface area contributed by atoms with Crippen LogP contribution in [0, 0.1) is 0 Å². The maximum atomic E-state index is 10.9. The van der Waals surface area contributed by atoms with E-state index in [2.05, 4.69) is 0 Å². The van der Waals surface area contributed by atoms with Crippen molar-refractivity contribution in [3.63, 3.8) is 0 Å². The van der Waals surface area contributed by atoms with Crippen molar-refractivity contribution in [2.75, 3.05) is 6.26 Å². The van der Waals surface area contributed by atoms with Crippen LogP contribution in [0.3, 0.4) is 0 Å². The second-order valence-electron chi connectivity index (χ2n) is 3.23. The van der Waals surface area contributed by atoms with E-state index in [9.17, 15) is 13.2 Å². The van der Waals surface area contributed by atoms with Crippen molar-refractivity contribution in [2.24, 2.45) is 0 Å². The van der Waals surface area contributed by atoms with Gasteiger partial charge in [-0.25, -0.2) is 8.42 Å². The van der Waals surface area contributed by atoms with Crippen LogP contribution in [-0.2, 0) is 14.6 Å². The lowest BCUT2D eigenvalue weighted by atomic mass is 10.1. The van der Waals surface area contributed by atoms with E-state index in [1.165, 1.54) is 0 Å². The van der Waals surface area contributed by atoms with Crippen LogP contribution < -0.4 is 0 Å². The summed E-state index contributed by atoms with van der Waals surface area (Å²) in [6, 6.07) is 0. The van der Waals surface area contributed by atoms with Crippen LogP contribution in [0.2, 0.25) is 0 Å². The van der Waals surface area contributed by atoms with Gasteiger partial charge in [-0.2, -0.15) is 0 Å². The fraction of sp³-hybridized carbons (Fsp3) is 0.875. The number of unbranched alkanes of at least 4 members (excludes halogenated alkanes) is 2. The predicted molar refractivity (Wildman–Crippen MR) is 55.2 cm³/mol. The third kappa shape index (κ3) is 7.15. The minimum Gasteiger partial charge on any atom is -0.481 e. The molecule has 0 fully saturated rings. The highest BCUT2D eigenvalue weighted by molar-refractivity contribution is 7.92. The van der Waals surface area contributed by atoms with Gasteiger partial charge in [-0.1, -0.05) is 12.8 Å². The first-order chi connectivity index (χ1) is 6.34. The molecular formula is C8H15ClO4S. The Kier molecular flexibility index (Phi) is 6.11. The van der Waals surface area contributed by atoms with Crippen molar-refractivity contribution in [1.82, 2.24) is 0 Å². The van der Waals surface area contributed by atoms with Crippen LogP contribution in [-0.4, -0.2) is 30.5 Å². The molecule has 0 aromatic carbocycles. The van der Waals surface area contributed by atoms with Crippen molar-refractivity contribution >= 4 is 27.4 Å². The summed E-state index contributed by atoms with van der Waals surface area (Å²) in [6.45, 7) is 0. The fourth-order valence-corrected chi connectivity index (χ4v) is 1.72. The minimum absolute atomic E-state index is 0.131. The Hall–Kier alpha value is -0.290. The van der Waals surface area contributed by atoms with Gasteiger partial charge in [-0.05, 0) is 12.8 Å². The zero-order valence-electron chi connectivity index (χ0n) is 8.07. The van der Waals surface area contributed by atoms with E-state index < -0.39 is 20.5 Å². The van der Waals surface area contributed by atoms with Crippen LogP contribution in [0.25, 0.3) is 0 Å². The summed E-state index contributed by atoms with van der Waals surface area (Å²) in [5.41, 5.74) is 0. The number of hydrogen-bond donors (Lipinski definition) is 1.